The quantitative estimate of drug-likeness (QED) is 0.350. The van der Waals surface area contributed by atoms with Gasteiger partial charge in [0.25, 0.3) is 0 Å². The predicted molar refractivity (Wildman–Crippen MR) is 139 cm³/mol. The van der Waals surface area contributed by atoms with Crippen LogP contribution in [0.3, 0.4) is 0 Å². The summed E-state index contributed by atoms with van der Waals surface area (Å²) in [7, 11) is 0. The minimum atomic E-state index is -0.848. The summed E-state index contributed by atoms with van der Waals surface area (Å²) in [5, 5.41) is 17.1. The zero-order valence-electron chi connectivity index (χ0n) is 20.6. The van der Waals surface area contributed by atoms with Gasteiger partial charge >= 0.3 is 5.97 Å². The zero-order chi connectivity index (χ0) is 25.0. The molecular weight excluding hydrogens is 508 g/mol. The number of nitrogens with zero attached hydrogens (tertiary/aromatic N) is 3. The second-order valence-corrected chi connectivity index (χ2v) is 11.2. The molecule has 2 N–H and O–H groups in total. The Morgan fingerprint density at radius 2 is 2.03 bits per heavy atom. The smallest absolute Gasteiger partial charge is 0.303 e. The number of benzene rings is 1. The molecule has 0 amide bonds. The van der Waals surface area contributed by atoms with Crippen LogP contribution in [-0.2, 0) is 35.9 Å². The van der Waals surface area contributed by atoms with E-state index < -0.39 is 5.97 Å². The van der Waals surface area contributed by atoms with E-state index in [2.05, 4.69) is 76.4 Å². The fourth-order valence-corrected chi connectivity index (χ4v) is 4.93. The lowest BCUT2D eigenvalue weighted by atomic mass is 9.83. The molecule has 0 saturated heterocycles. The molecule has 0 radical (unpaired) electrons. The maximum Gasteiger partial charge on any atom is 0.303 e. The van der Waals surface area contributed by atoms with Gasteiger partial charge in [-0.25, -0.2) is 4.98 Å². The summed E-state index contributed by atoms with van der Waals surface area (Å²) in [6.45, 7) is 7.41. The Kier molecular flexibility index (Phi) is 7.89. The summed E-state index contributed by atoms with van der Waals surface area (Å²) >= 11 is 3.59. The number of carboxylic acids is 1. The Balaban J connectivity index is 1.40. The molecule has 1 aliphatic heterocycles. The number of anilines is 1. The maximum atomic E-state index is 11.6. The second kappa shape index (κ2) is 10.9. The van der Waals surface area contributed by atoms with E-state index >= 15 is 0 Å². The number of carbonyl (C=O) groups is 1. The number of hydrogen-bond acceptors (Lipinski definition) is 6. The largest absolute Gasteiger partial charge is 0.481 e. The van der Waals surface area contributed by atoms with Crippen LogP contribution in [-0.4, -0.2) is 32.7 Å². The van der Waals surface area contributed by atoms with Crippen molar-refractivity contribution in [3.8, 4) is 0 Å². The number of halogens is 1. The van der Waals surface area contributed by atoms with Gasteiger partial charge in [0.1, 0.15) is 5.82 Å². The molecule has 0 bridgehead atoms. The van der Waals surface area contributed by atoms with Crippen molar-refractivity contribution in [3.05, 3.63) is 68.9 Å². The maximum absolute atomic E-state index is 11.6. The number of aromatic nitrogens is 3. The summed E-state index contributed by atoms with van der Waals surface area (Å²) in [4.78, 5) is 20.9. The van der Waals surface area contributed by atoms with E-state index in [1.165, 1.54) is 5.56 Å². The lowest BCUT2D eigenvalue weighted by Gasteiger charge is -2.22. The third kappa shape index (κ3) is 6.90. The van der Waals surface area contributed by atoms with Gasteiger partial charge in [-0.15, -0.1) is 0 Å². The van der Waals surface area contributed by atoms with Gasteiger partial charge in [-0.05, 0) is 66.0 Å². The van der Waals surface area contributed by atoms with Gasteiger partial charge < -0.3 is 14.9 Å². The van der Waals surface area contributed by atoms with Crippen LogP contribution in [0.2, 0.25) is 0 Å². The molecule has 0 aliphatic carbocycles. The van der Waals surface area contributed by atoms with Crippen LogP contribution in [0.1, 0.15) is 80.1 Å². The van der Waals surface area contributed by atoms with Crippen molar-refractivity contribution >= 4 is 27.7 Å². The number of aliphatic carboxylic acids is 1. The molecule has 186 valence electrons. The van der Waals surface area contributed by atoms with Gasteiger partial charge in [0.05, 0.1) is 6.42 Å². The third-order valence-electron chi connectivity index (χ3n) is 6.39. The van der Waals surface area contributed by atoms with Crippen LogP contribution in [0.15, 0.2) is 39.3 Å². The molecule has 0 saturated carbocycles. The Bertz CT molecular complexity index is 1190. The zero-order valence-corrected chi connectivity index (χ0v) is 22.2. The highest BCUT2D eigenvalue weighted by Crippen LogP contribution is 2.32. The van der Waals surface area contributed by atoms with Crippen LogP contribution in [0.5, 0.6) is 0 Å². The molecule has 1 aliphatic rings. The van der Waals surface area contributed by atoms with Gasteiger partial charge in [0.15, 0.2) is 5.82 Å². The SMILES string of the molecule is CC(C)(C)c1cc(Br)cc(C(CC(=O)O)Cc2nc(CCCc3ccc4c(n3)NCCC4)no2)c1. The fourth-order valence-electron chi connectivity index (χ4n) is 4.42. The number of hydrogen-bond donors (Lipinski definition) is 2. The first kappa shape index (κ1) is 25.4. The number of rotatable bonds is 9. The van der Waals surface area contributed by atoms with Gasteiger partial charge in [-0.2, -0.15) is 4.98 Å². The average Bonchev–Trinajstić information content (AvgIpc) is 3.24. The first-order chi connectivity index (χ1) is 16.7. The molecule has 3 aromatic rings. The third-order valence-corrected chi connectivity index (χ3v) is 6.85. The van der Waals surface area contributed by atoms with E-state index in [4.69, 9.17) is 9.51 Å². The molecule has 8 heteroatoms. The molecule has 1 atom stereocenters. The number of nitrogens with one attached hydrogen (secondary N) is 1. The van der Waals surface area contributed by atoms with Crippen LogP contribution in [0.4, 0.5) is 5.82 Å². The molecular formula is C27H33BrN4O3. The normalized spacial score (nSPS) is 14.3. The van der Waals surface area contributed by atoms with Crippen LogP contribution in [0, 0.1) is 0 Å². The molecule has 1 unspecified atom stereocenters. The Morgan fingerprint density at radius 1 is 1.20 bits per heavy atom. The van der Waals surface area contributed by atoms with Crippen LogP contribution in [0.25, 0.3) is 0 Å². The first-order valence-electron chi connectivity index (χ1n) is 12.2. The van der Waals surface area contributed by atoms with Crippen molar-refractivity contribution < 1.29 is 14.4 Å². The van der Waals surface area contributed by atoms with E-state index in [0.717, 1.165) is 59.3 Å². The molecule has 2 aromatic heterocycles. The van der Waals surface area contributed by atoms with Gasteiger partial charge in [-0.3, -0.25) is 4.79 Å². The van der Waals surface area contributed by atoms with E-state index in [9.17, 15) is 9.90 Å². The molecule has 3 heterocycles. The van der Waals surface area contributed by atoms with Crippen molar-refractivity contribution in [2.45, 2.75) is 77.0 Å². The molecule has 0 spiro atoms. The number of aryl methyl sites for hydroxylation is 3. The van der Waals surface area contributed by atoms with Crippen LogP contribution < -0.4 is 5.32 Å². The topological polar surface area (TPSA) is 101 Å². The summed E-state index contributed by atoms with van der Waals surface area (Å²) < 4.78 is 6.45. The number of carboxylic acid groups (broad SMARTS) is 1. The molecule has 0 fully saturated rings. The summed E-state index contributed by atoms with van der Waals surface area (Å²) in [6.07, 6.45) is 5.01. The van der Waals surface area contributed by atoms with Crippen molar-refractivity contribution in [1.29, 1.82) is 0 Å². The molecule has 1 aromatic carbocycles. The van der Waals surface area contributed by atoms with E-state index in [0.29, 0.717) is 24.6 Å². The van der Waals surface area contributed by atoms with Gasteiger partial charge in [0.2, 0.25) is 5.89 Å². The highest BCUT2D eigenvalue weighted by Gasteiger charge is 2.23. The molecule has 4 rings (SSSR count). The van der Waals surface area contributed by atoms with Crippen molar-refractivity contribution in [2.75, 3.05) is 11.9 Å². The minimum absolute atomic E-state index is 0.00418. The highest BCUT2D eigenvalue weighted by atomic mass is 79.9. The monoisotopic (exact) mass is 540 g/mol. The molecule has 7 nitrogen and oxygen atoms in total. The molecule has 35 heavy (non-hydrogen) atoms. The number of pyridine rings is 1. The van der Waals surface area contributed by atoms with Crippen molar-refractivity contribution in [1.82, 2.24) is 15.1 Å². The average molecular weight is 541 g/mol. The van der Waals surface area contributed by atoms with E-state index in [1.54, 1.807) is 0 Å². The number of fused-ring (bicyclic) bond motifs is 1. The van der Waals surface area contributed by atoms with Crippen molar-refractivity contribution in [3.63, 3.8) is 0 Å². The summed E-state index contributed by atoms with van der Waals surface area (Å²) in [5.41, 5.74) is 4.41. The Hall–Kier alpha value is -2.74. The van der Waals surface area contributed by atoms with Crippen molar-refractivity contribution in [2.24, 2.45) is 0 Å². The highest BCUT2D eigenvalue weighted by molar-refractivity contribution is 9.10. The second-order valence-electron chi connectivity index (χ2n) is 10.3. The standard InChI is InChI=1S/C27H33BrN4O3/c1-27(2,3)20-12-18(13-21(28)16-20)19(15-25(33)34)14-24-31-23(32-35-24)8-4-7-22-10-9-17-6-5-11-29-26(17)30-22/h9-10,12-13,16,19H,4-8,11,14-15H2,1-3H3,(H,29,30)(H,33,34). The van der Waals surface area contributed by atoms with Gasteiger partial charge in [-0.1, -0.05) is 54.0 Å². The predicted octanol–water partition coefficient (Wildman–Crippen LogP) is 5.86. The minimum Gasteiger partial charge on any atom is -0.481 e. The Labute approximate surface area is 214 Å². The first-order valence-corrected chi connectivity index (χ1v) is 13.0. The lowest BCUT2D eigenvalue weighted by molar-refractivity contribution is -0.137. The fraction of sp³-hybridized carbons (Fsp3) is 0.481. The van der Waals surface area contributed by atoms with Crippen LogP contribution >= 0.6 is 15.9 Å². The summed E-state index contributed by atoms with van der Waals surface area (Å²) in [5.74, 6) is 1.03. The van der Waals surface area contributed by atoms with E-state index in [-0.39, 0.29) is 17.8 Å². The Morgan fingerprint density at radius 3 is 2.80 bits per heavy atom. The lowest BCUT2D eigenvalue weighted by Crippen LogP contribution is -2.14. The van der Waals surface area contributed by atoms with E-state index in [1.807, 2.05) is 6.07 Å². The van der Waals surface area contributed by atoms with Gasteiger partial charge in [0, 0.05) is 35.5 Å². The summed E-state index contributed by atoms with van der Waals surface area (Å²) in [6, 6.07) is 10.4.